The Kier molecular flexibility index (Phi) is 23.6. The lowest BCUT2D eigenvalue weighted by Crippen LogP contribution is -2.57. The molecule has 2 unspecified atom stereocenters. The predicted molar refractivity (Wildman–Crippen MR) is 327 cm³/mol. The van der Waals surface area contributed by atoms with Crippen LogP contribution in [0.4, 0.5) is 5.69 Å². The van der Waals surface area contributed by atoms with Crippen LogP contribution in [0, 0.1) is 19.3 Å². The number of benzene rings is 2. The van der Waals surface area contributed by atoms with Gasteiger partial charge in [0.15, 0.2) is 0 Å². The summed E-state index contributed by atoms with van der Waals surface area (Å²) in [4.78, 5) is 54.4. The average Bonchev–Trinajstić information content (AvgIpc) is 4.08. The number of rotatable bonds is 27. The van der Waals surface area contributed by atoms with Gasteiger partial charge < -0.3 is 55.9 Å². The Morgan fingerprint density at radius 3 is 2.30 bits per heavy atom. The number of carbonyl (C=O) groups is 3. The SMILES string of the molecule is C=C(/C=C\C(=C)c1cc(C(O)NCC2=C(C)C=C(C)NC2O)c(C)c(N(CC)C2CCOCC2)c1)CN1CCN(CC(=O)NCCCOCCN[C@H](C(=O)N2C[C@H](O)C[C@H]2C(=O)NCc2ccc(-c3scnc3C)cc2)C(C)(C)C)CC1. The standard InChI is InChI=1S/C63H92N10O8S/c1-11-72(50-19-28-81-29-20-50)54-33-49(32-52(45(54)6)59(76)67-36-53-43(4)31-44(5)69-60(53)77)42(3)14-13-41(2)37-70-23-25-71(26-24-70)39-56(75)64-21-12-27-80-30-22-65-58(63(8,9)10)62(79)73-38-51(74)34-55(73)61(78)66-35-47-15-17-48(18-16-47)57-46(7)68-40-82-57/h13-18,31-33,40,50-51,55,58-60,65,67,69,74,76-77H,2-3,11-12,19-30,34-39H2,1,4-10H3,(H,64,75)(H,66,78)/b14-13-/t51-,55+,58-,59?,60?/m1/s1. The number of amides is 3. The maximum absolute atomic E-state index is 14.1. The monoisotopic (exact) mass is 1150 g/mol. The van der Waals surface area contributed by atoms with Crippen molar-refractivity contribution < 1.29 is 39.2 Å². The van der Waals surface area contributed by atoms with Crippen LogP contribution in [0.15, 0.2) is 95.7 Å². The maximum atomic E-state index is 14.1. The van der Waals surface area contributed by atoms with Gasteiger partial charge in [0.1, 0.15) is 18.5 Å². The molecule has 0 saturated carbocycles. The smallest absolute Gasteiger partial charge is 0.243 e. The molecule has 4 aliphatic heterocycles. The van der Waals surface area contributed by atoms with E-state index < -0.39 is 36.1 Å². The first kappa shape index (κ1) is 64.0. The number of aliphatic hydroxyl groups excluding tert-OH is 3. The van der Waals surface area contributed by atoms with Crippen molar-refractivity contribution in [3.05, 3.63) is 124 Å². The molecule has 5 atom stereocenters. The highest BCUT2D eigenvalue weighted by Crippen LogP contribution is 2.35. The lowest BCUT2D eigenvalue weighted by atomic mass is 9.85. The molecule has 3 fully saturated rings. The van der Waals surface area contributed by atoms with Gasteiger partial charge in [0.2, 0.25) is 17.7 Å². The van der Waals surface area contributed by atoms with E-state index in [-0.39, 0.29) is 30.7 Å². The highest BCUT2D eigenvalue weighted by molar-refractivity contribution is 7.13. The van der Waals surface area contributed by atoms with Gasteiger partial charge in [-0.25, -0.2) is 4.98 Å². The van der Waals surface area contributed by atoms with Crippen LogP contribution < -0.4 is 31.5 Å². The number of piperazine rings is 1. The number of aliphatic hydroxyl groups is 3. The molecular weight excluding hydrogens is 1060 g/mol. The molecule has 0 bridgehead atoms. The number of aryl methyl sites for hydroxylation is 1. The molecule has 82 heavy (non-hydrogen) atoms. The molecule has 0 spiro atoms. The van der Waals surface area contributed by atoms with E-state index >= 15 is 0 Å². The third-order valence-corrected chi connectivity index (χ3v) is 17.0. The van der Waals surface area contributed by atoms with Crippen molar-refractivity contribution >= 4 is 40.3 Å². The number of ether oxygens (including phenoxy) is 2. The molecule has 3 amide bonds. The molecule has 3 aromatic rings. The van der Waals surface area contributed by atoms with Crippen LogP contribution >= 0.6 is 11.3 Å². The van der Waals surface area contributed by atoms with E-state index in [1.807, 2.05) is 95.6 Å². The minimum Gasteiger partial charge on any atom is -0.391 e. The summed E-state index contributed by atoms with van der Waals surface area (Å²) in [7, 11) is 0. The van der Waals surface area contributed by atoms with Crippen LogP contribution in [-0.2, 0) is 30.4 Å². The van der Waals surface area contributed by atoms with Crippen molar-refractivity contribution in [2.45, 2.75) is 124 Å². The van der Waals surface area contributed by atoms with Crippen molar-refractivity contribution in [1.82, 2.24) is 46.3 Å². The van der Waals surface area contributed by atoms with E-state index in [9.17, 15) is 29.7 Å². The van der Waals surface area contributed by atoms with Gasteiger partial charge in [-0.15, -0.1) is 11.3 Å². The second-order valence-corrected chi connectivity index (χ2v) is 24.3. The van der Waals surface area contributed by atoms with Gasteiger partial charge in [-0.3, -0.25) is 29.5 Å². The fourth-order valence-corrected chi connectivity index (χ4v) is 12.1. The Morgan fingerprint density at radius 1 is 0.939 bits per heavy atom. The summed E-state index contributed by atoms with van der Waals surface area (Å²) in [5, 5.41) is 48.8. The molecular formula is C63H92N10O8S. The Balaban J connectivity index is 0.799. The third kappa shape index (κ3) is 17.7. The Labute approximate surface area is 490 Å². The maximum Gasteiger partial charge on any atom is 0.243 e. The summed E-state index contributed by atoms with van der Waals surface area (Å²) in [6, 6.07) is 11.1. The number of allylic oxidation sites excluding steroid dienone is 5. The first-order valence-electron chi connectivity index (χ1n) is 29.3. The number of aromatic nitrogens is 1. The molecule has 448 valence electrons. The van der Waals surface area contributed by atoms with Gasteiger partial charge in [-0.1, -0.05) is 70.3 Å². The lowest BCUT2D eigenvalue weighted by Gasteiger charge is -2.37. The number of carbonyl (C=O) groups excluding carboxylic acids is 3. The number of likely N-dealkylation sites (tertiary alicyclic amines) is 1. The molecule has 19 heteroatoms. The fraction of sp³-hybridized carbons (Fsp3) is 0.556. The minimum absolute atomic E-state index is 0.0242. The van der Waals surface area contributed by atoms with Gasteiger partial charge >= 0.3 is 0 Å². The van der Waals surface area contributed by atoms with Crippen LogP contribution in [0.1, 0.15) is 101 Å². The van der Waals surface area contributed by atoms with Crippen LogP contribution in [0.5, 0.6) is 0 Å². The Bertz CT molecular complexity index is 2760. The number of anilines is 1. The van der Waals surface area contributed by atoms with E-state index in [4.69, 9.17) is 9.47 Å². The van der Waals surface area contributed by atoms with Gasteiger partial charge in [0, 0.05) is 121 Å². The minimum atomic E-state index is -0.990. The van der Waals surface area contributed by atoms with Gasteiger partial charge in [-0.2, -0.15) is 0 Å². The second kappa shape index (κ2) is 30.3. The summed E-state index contributed by atoms with van der Waals surface area (Å²) >= 11 is 1.59. The first-order valence-corrected chi connectivity index (χ1v) is 30.1. The fourth-order valence-electron chi connectivity index (χ4n) is 11.3. The Hall–Kier alpha value is -5.58. The zero-order valence-electron chi connectivity index (χ0n) is 49.8. The van der Waals surface area contributed by atoms with Crippen molar-refractivity contribution in [3.8, 4) is 10.4 Å². The average molecular weight is 1150 g/mol. The largest absolute Gasteiger partial charge is 0.391 e. The second-order valence-electron chi connectivity index (χ2n) is 23.4. The van der Waals surface area contributed by atoms with Gasteiger partial charge in [0.25, 0.3) is 0 Å². The lowest BCUT2D eigenvalue weighted by molar-refractivity contribution is -0.142. The Morgan fingerprint density at radius 2 is 1.65 bits per heavy atom. The van der Waals surface area contributed by atoms with Crippen molar-refractivity contribution in [2.75, 3.05) is 103 Å². The zero-order valence-corrected chi connectivity index (χ0v) is 50.6. The van der Waals surface area contributed by atoms with Gasteiger partial charge in [0.05, 0.1) is 41.4 Å². The summed E-state index contributed by atoms with van der Waals surface area (Å²) in [5.74, 6) is -0.547. The molecule has 4 aliphatic rings. The van der Waals surface area contributed by atoms with Crippen molar-refractivity contribution in [1.29, 1.82) is 0 Å². The number of nitrogens with zero attached hydrogens (tertiary/aromatic N) is 5. The molecule has 3 saturated heterocycles. The van der Waals surface area contributed by atoms with Crippen LogP contribution in [-0.4, -0.2) is 182 Å². The highest BCUT2D eigenvalue weighted by atomic mass is 32.1. The van der Waals surface area contributed by atoms with Crippen LogP contribution in [0.25, 0.3) is 16.0 Å². The summed E-state index contributed by atoms with van der Waals surface area (Å²) in [6.45, 7) is 33.7. The first-order chi connectivity index (χ1) is 39.2. The molecule has 0 aliphatic carbocycles. The molecule has 1 aromatic heterocycles. The molecule has 8 N–H and O–H groups in total. The third-order valence-electron chi connectivity index (χ3n) is 16.1. The number of thiazole rings is 1. The zero-order chi connectivity index (χ0) is 59.1. The molecule has 5 heterocycles. The summed E-state index contributed by atoms with van der Waals surface area (Å²) in [6.07, 6.45) is 6.08. The predicted octanol–water partition coefficient (Wildman–Crippen LogP) is 5.70. The van der Waals surface area contributed by atoms with Gasteiger partial charge in [-0.05, 0) is 122 Å². The normalized spacial score (nSPS) is 20.2. The van der Waals surface area contributed by atoms with E-state index in [0.717, 1.165) is 131 Å². The van der Waals surface area contributed by atoms with E-state index in [1.165, 1.54) is 4.90 Å². The summed E-state index contributed by atoms with van der Waals surface area (Å²) < 4.78 is 11.6. The molecule has 7 rings (SSSR count). The number of hydrogen-bond acceptors (Lipinski definition) is 16. The highest BCUT2D eigenvalue weighted by Gasteiger charge is 2.44. The topological polar surface area (TPSA) is 216 Å². The number of β-amino-alcohol motifs (C(OH)–C–C–N with tert-alkyl or cyclic N) is 1. The number of dihydropyridines is 1. The quantitative estimate of drug-likeness (QED) is 0.0261. The molecule has 18 nitrogen and oxygen atoms in total. The number of nitrogens with one attached hydrogen (secondary N) is 5. The van der Waals surface area contributed by atoms with E-state index in [2.05, 4.69) is 79.3 Å². The van der Waals surface area contributed by atoms with Crippen molar-refractivity contribution in [2.24, 2.45) is 5.41 Å². The van der Waals surface area contributed by atoms with Crippen LogP contribution in [0.2, 0.25) is 0 Å². The summed E-state index contributed by atoms with van der Waals surface area (Å²) in [5.41, 5.74) is 12.4. The number of hydrogen-bond donors (Lipinski definition) is 8. The molecule has 0 radical (unpaired) electrons. The van der Waals surface area contributed by atoms with E-state index in [0.29, 0.717) is 64.9 Å². The van der Waals surface area contributed by atoms with Crippen molar-refractivity contribution in [3.63, 3.8) is 0 Å². The van der Waals surface area contributed by atoms with E-state index in [1.54, 1.807) is 11.3 Å². The molecule has 2 aromatic carbocycles. The van der Waals surface area contributed by atoms with Crippen LogP contribution in [0.3, 0.4) is 0 Å².